The monoisotopic (exact) mass is 245 g/mol. The number of rotatable bonds is 4. The number of nitrogen functional groups attached to an aromatic ring is 1. The first-order valence-corrected chi connectivity index (χ1v) is 5.77. The van der Waals surface area contributed by atoms with Crippen LogP contribution in [0.15, 0.2) is 18.6 Å². The zero-order valence-electron chi connectivity index (χ0n) is 10.4. The highest BCUT2D eigenvalue weighted by Gasteiger charge is 2.11. The van der Waals surface area contributed by atoms with E-state index in [1.54, 1.807) is 18.6 Å². The van der Waals surface area contributed by atoms with Crippen LogP contribution in [0.5, 0.6) is 0 Å². The molecular weight excluding hydrogens is 230 g/mol. The molecule has 0 radical (unpaired) electrons. The zero-order chi connectivity index (χ0) is 13.0. The second-order valence-corrected chi connectivity index (χ2v) is 3.58. The van der Waals surface area contributed by atoms with Gasteiger partial charge in [-0.05, 0) is 13.8 Å². The van der Waals surface area contributed by atoms with E-state index in [0.717, 1.165) is 13.1 Å². The molecule has 0 aromatic carbocycles. The Bertz CT molecular complexity index is 510. The molecule has 0 aliphatic carbocycles. The molecule has 2 aromatic heterocycles. The van der Waals surface area contributed by atoms with Gasteiger partial charge in [-0.2, -0.15) is 15.0 Å². The van der Waals surface area contributed by atoms with Crippen LogP contribution in [0.4, 0.5) is 11.9 Å². The van der Waals surface area contributed by atoms with Crippen LogP contribution in [0.2, 0.25) is 0 Å². The Morgan fingerprint density at radius 1 is 1.11 bits per heavy atom. The third-order valence-corrected chi connectivity index (χ3v) is 2.48. The largest absolute Gasteiger partial charge is 0.368 e. The van der Waals surface area contributed by atoms with Gasteiger partial charge in [0.05, 0.1) is 6.20 Å². The van der Waals surface area contributed by atoms with Gasteiger partial charge in [-0.15, -0.1) is 0 Å². The van der Waals surface area contributed by atoms with E-state index in [1.807, 2.05) is 18.7 Å². The Morgan fingerprint density at radius 2 is 1.89 bits per heavy atom. The molecule has 2 aromatic rings. The van der Waals surface area contributed by atoms with Crippen LogP contribution in [0, 0.1) is 0 Å². The maximum Gasteiger partial charge on any atom is 0.230 e. The average Bonchev–Trinajstić information content (AvgIpc) is 2.40. The van der Waals surface area contributed by atoms with Gasteiger partial charge in [0.25, 0.3) is 0 Å². The minimum absolute atomic E-state index is 0.188. The number of hydrogen-bond acceptors (Lipinski definition) is 7. The van der Waals surface area contributed by atoms with Gasteiger partial charge in [-0.1, -0.05) is 0 Å². The lowest BCUT2D eigenvalue weighted by Gasteiger charge is -2.18. The second kappa shape index (κ2) is 5.35. The summed E-state index contributed by atoms with van der Waals surface area (Å²) in [6, 6.07) is 0. The summed E-state index contributed by atoms with van der Waals surface area (Å²) >= 11 is 0. The molecule has 0 atom stereocenters. The normalized spacial score (nSPS) is 10.3. The predicted octanol–water partition coefficient (Wildman–Crippen LogP) is 0.757. The number of anilines is 2. The van der Waals surface area contributed by atoms with Crippen molar-refractivity contribution in [2.75, 3.05) is 23.7 Å². The highest BCUT2D eigenvalue weighted by molar-refractivity contribution is 5.51. The first-order valence-electron chi connectivity index (χ1n) is 5.77. The van der Waals surface area contributed by atoms with E-state index >= 15 is 0 Å². The highest BCUT2D eigenvalue weighted by Crippen LogP contribution is 2.15. The Morgan fingerprint density at radius 3 is 2.50 bits per heavy atom. The van der Waals surface area contributed by atoms with Crippen molar-refractivity contribution in [2.45, 2.75) is 13.8 Å². The SMILES string of the molecule is CCN(CC)c1nc(N)nc(-c2cnccn2)n1. The number of hydrogen-bond donors (Lipinski definition) is 1. The predicted molar refractivity (Wildman–Crippen MR) is 68.8 cm³/mol. The molecule has 0 fully saturated rings. The molecule has 0 saturated heterocycles. The molecule has 0 amide bonds. The Balaban J connectivity index is 2.44. The molecule has 94 valence electrons. The molecule has 0 spiro atoms. The summed E-state index contributed by atoms with van der Waals surface area (Å²) in [5.74, 6) is 1.19. The third-order valence-electron chi connectivity index (χ3n) is 2.48. The van der Waals surface area contributed by atoms with Gasteiger partial charge in [0.2, 0.25) is 11.9 Å². The molecular formula is C11H15N7. The van der Waals surface area contributed by atoms with Crippen LogP contribution < -0.4 is 10.6 Å². The first kappa shape index (κ1) is 12.2. The Labute approximate surface area is 105 Å². The van der Waals surface area contributed by atoms with Crippen molar-refractivity contribution in [3.63, 3.8) is 0 Å². The van der Waals surface area contributed by atoms with Crippen molar-refractivity contribution >= 4 is 11.9 Å². The van der Waals surface area contributed by atoms with Crippen molar-refractivity contribution in [3.05, 3.63) is 18.6 Å². The molecule has 2 rings (SSSR count). The minimum Gasteiger partial charge on any atom is -0.368 e. The van der Waals surface area contributed by atoms with Crippen molar-refractivity contribution in [1.29, 1.82) is 0 Å². The Hall–Kier alpha value is -2.31. The fraction of sp³-hybridized carbons (Fsp3) is 0.364. The van der Waals surface area contributed by atoms with Gasteiger partial charge in [0.15, 0.2) is 5.82 Å². The van der Waals surface area contributed by atoms with E-state index in [1.165, 1.54) is 0 Å². The lowest BCUT2D eigenvalue weighted by Crippen LogP contribution is -2.25. The van der Waals surface area contributed by atoms with Crippen LogP contribution in [-0.4, -0.2) is 38.0 Å². The zero-order valence-corrected chi connectivity index (χ0v) is 10.4. The summed E-state index contributed by atoms with van der Waals surface area (Å²) in [6.07, 6.45) is 4.78. The van der Waals surface area contributed by atoms with Crippen molar-refractivity contribution in [2.24, 2.45) is 0 Å². The molecule has 0 saturated carbocycles. The van der Waals surface area contributed by atoms with Gasteiger partial charge < -0.3 is 10.6 Å². The van der Waals surface area contributed by atoms with Crippen LogP contribution in [0.25, 0.3) is 11.5 Å². The van der Waals surface area contributed by atoms with E-state index < -0.39 is 0 Å². The summed E-state index contributed by atoms with van der Waals surface area (Å²) in [5.41, 5.74) is 6.29. The minimum atomic E-state index is 0.188. The fourth-order valence-electron chi connectivity index (χ4n) is 1.56. The summed E-state index contributed by atoms with van der Waals surface area (Å²) in [4.78, 5) is 22.7. The fourth-order valence-corrected chi connectivity index (χ4v) is 1.56. The summed E-state index contributed by atoms with van der Waals surface area (Å²) in [6.45, 7) is 5.68. The van der Waals surface area contributed by atoms with Gasteiger partial charge >= 0.3 is 0 Å². The number of aromatic nitrogens is 5. The molecule has 0 aliphatic rings. The molecule has 18 heavy (non-hydrogen) atoms. The molecule has 2 N–H and O–H groups in total. The van der Waals surface area contributed by atoms with E-state index in [4.69, 9.17) is 5.73 Å². The van der Waals surface area contributed by atoms with Crippen LogP contribution in [0.3, 0.4) is 0 Å². The number of nitrogens with two attached hydrogens (primary N) is 1. The summed E-state index contributed by atoms with van der Waals surface area (Å²) < 4.78 is 0. The van der Waals surface area contributed by atoms with Gasteiger partial charge in [-0.25, -0.2) is 4.98 Å². The van der Waals surface area contributed by atoms with Crippen LogP contribution in [0.1, 0.15) is 13.8 Å². The van der Waals surface area contributed by atoms with Crippen molar-refractivity contribution in [1.82, 2.24) is 24.9 Å². The van der Waals surface area contributed by atoms with Gasteiger partial charge in [-0.3, -0.25) is 4.98 Å². The van der Waals surface area contributed by atoms with Crippen LogP contribution >= 0.6 is 0 Å². The second-order valence-electron chi connectivity index (χ2n) is 3.58. The smallest absolute Gasteiger partial charge is 0.230 e. The van der Waals surface area contributed by atoms with Gasteiger partial charge in [0.1, 0.15) is 5.69 Å². The maximum absolute atomic E-state index is 5.71. The third kappa shape index (κ3) is 2.50. The first-order chi connectivity index (χ1) is 8.74. The van der Waals surface area contributed by atoms with Crippen molar-refractivity contribution in [3.8, 4) is 11.5 Å². The number of nitrogens with zero attached hydrogens (tertiary/aromatic N) is 6. The topological polar surface area (TPSA) is 93.7 Å². The molecule has 0 aliphatic heterocycles. The van der Waals surface area contributed by atoms with Crippen LogP contribution in [-0.2, 0) is 0 Å². The lowest BCUT2D eigenvalue weighted by atomic mass is 10.4. The van der Waals surface area contributed by atoms with E-state index in [2.05, 4.69) is 24.9 Å². The Kier molecular flexibility index (Phi) is 3.61. The van der Waals surface area contributed by atoms with E-state index in [9.17, 15) is 0 Å². The van der Waals surface area contributed by atoms with E-state index in [0.29, 0.717) is 17.5 Å². The molecule has 7 heteroatoms. The van der Waals surface area contributed by atoms with Gasteiger partial charge in [0, 0.05) is 25.5 Å². The molecule has 2 heterocycles. The lowest BCUT2D eigenvalue weighted by molar-refractivity contribution is 0.815. The maximum atomic E-state index is 5.71. The molecule has 0 unspecified atom stereocenters. The van der Waals surface area contributed by atoms with Crippen molar-refractivity contribution < 1.29 is 0 Å². The molecule has 7 nitrogen and oxygen atoms in total. The quantitative estimate of drug-likeness (QED) is 0.849. The summed E-state index contributed by atoms with van der Waals surface area (Å²) in [7, 11) is 0. The van der Waals surface area contributed by atoms with E-state index in [-0.39, 0.29) is 5.95 Å². The molecule has 0 bridgehead atoms. The highest BCUT2D eigenvalue weighted by atomic mass is 15.3. The summed E-state index contributed by atoms with van der Waals surface area (Å²) in [5, 5.41) is 0. The standard InChI is InChI=1S/C11H15N7/c1-3-18(4-2)11-16-9(15-10(12)17-11)8-7-13-5-6-14-8/h5-7H,3-4H2,1-2H3,(H2,12,15,16,17). The average molecular weight is 245 g/mol.